The van der Waals surface area contributed by atoms with Crippen molar-refractivity contribution in [2.24, 2.45) is 0 Å². The molecule has 0 bridgehead atoms. The van der Waals surface area contributed by atoms with Crippen LogP contribution in [0, 0.1) is 5.82 Å². The SMILES string of the molecule is CNC(=O)c1c(-c2ccc(F)cc2)oc2ccc(-c3ccc(OC)c(C(=O)CC(C)(C)c4ccccc4)c3)cc12. The van der Waals surface area contributed by atoms with Crippen LogP contribution in [0.25, 0.3) is 33.4 Å². The number of ether oxygens (including phenoxy) is 1. The van der Waals surface area contributed by atoms with Gasteiger partial charge in [0.05, 0.1) is 18.2 Å². The first-order chi connectivity index (χ1) is 19.2. The Morgan fingerprint density at radius 2 is 1.52 bits per heavy atom. The average Bonchev–Trinajstić information content (AvgIpc) is 3.36. The number of rotatable bonds is 8. The van der Waals surface area contributed by atoms with E-state index < -0.39 is 0 Å². The number of methoxy groups -OCH3 is 1. The van der Waals surface area contributed by atoms with Gasteiger partial charge < -0.3 is 14.5 Å². The smallest absolute Gasteiger partial charge is 0.255 e. The molecule has 0 aliphatic carbocycles. The molecule has 0 aliphatic heterocycles. The van der Waals surface area contributed by atoms with Crippen LogP contribution in [0.4, 0.5) is 4.39 Å². The first kappa shape index (κ1) is 26.9. The van der Waals surface area contributed by atoms with Crippen LogP contribution >= 0.6 is 0 Å². The molecule has 1 aromatic heterocycles. The predicted octanol–water partition coefficient (Wildman–Crippen LogP) is 7.82. The van der Waals surface area contributed by atoms with Crippen LogP contribution in [0.3, 0.4) is 0 Å². The molecule has 0 aliphatic rings. The van der Waals surface area contributed by atoms with Crippen LogP contribution in [0.5, 0.6) is 5.75 Å². The number of halogens is 1. The minimum atomic E-state index is -0.374. The summed E-state index contributed by atoms with van der Waals surface area (Å²) in [5.41, 5.74) is 4.30. The Balaban J connectivity index is 1.56. The van der Waals surface area contributed by atoms with E-state index in [4.69, 9.17) is 9.15 Å². The maximum absolute atomic E-state index is 13.6. The van der Waals surface area contributed by atoms with E-state index in [1.807, 2.05) is 54.6 Å². The van der Waals surface area contributed by atoms with Gasteiger partial charge in [-0.25, -0.2) is 4.39 Å². The normalized spacial score (nSPS) is 11.4. The van der Waals surface area contributed by atoms with Crippen molar-refractivity contribution in [3.05, 3.63) is 114 Å². The molecule has 5 rings (SSSR count). The van der Waals surface area contributed by atoms with E-state index in [-0.39, 0.29) is 22.9 Å². The molecule has 4 aromatic carbocycles. The van der Waals surface area contributed by atoms with Crippen LogP contribution in [0.1, 0.15) is 46.5 Å². The van der Waals surface area contributed by atoms with Gasteiger partial charge in [-0.15, -0.1) is 0 Å². The minimum absolute atomic E-state index is 0.0263. The number of carbonyl (C=O) groups is 2. The lowest BCUT2D eigenvalue weighted by atomic mass is 9.79. The van der Waals surface area contributed by atoms with Gasteiger partial charge in [-0.3, -0.25) is 9.59 Å². The van der Waals surface area contributed by atoms with E-state index >= 15 is 0 Å². The second kappa shape index (κ2) is 10.8. The van der Waals surface area contributed by atoms with Gasteiger partial charge >= 0.3 is 0 Å². The maximum atomic E-state index is 13.6. The highest BCUT2D eigenvalue weighted by Crippen LogP contribution is 2.38. The molecule has 0 fully saturated rings. The number of Topliss-reactive ketones (excluding diaryl/α,β-unsaturated/α-hetero) is 1. The Hall–Kier alpha value is -4.71. The van der Waals surface area contributed by atoms with Crippen molar-refractivity contribution in [3.63, 3.8) is 0 Å². The second-order valence-corrected chi connectivity index (χ2v) is 10.4. The fourth-order valence-corrected chi connectivity index (χ4v) is 5.03. The van der Waals surface area contributed by atoms with Crippen LogP contribution in [-0.2, 0) is 5.41 Å². The zero-order valence-corrected chi connectivity index (χ0v) is 22.9. The number of fused-ring (bicyclic) bond motifs is 1. The highest BCUT2D eigenvalue weighted by molar-refractivity contribution is 6.12. The predicted molar refractivity (Wildman–Crippen MR) is 155 cm³/mol. The zero-order valence-electron chi connectivity index (χ0n) is 22.9. The molecule has 40 heavy (non-hydrogen) atoms. The van der Waals surface area contributed by atoms with Crippen molar-refractivity contribution in [3.8, 4) is 28.2 Å². The fraction of sp³-hybridized carbons (Fsp3) is 0.176. The molecule has 6 heteroatoms. The summed E-state index contributed by atoms with van der Waals surface area (Å²) in [5, 5.41) is 3.30. The van der Waals surface area contributed by atoms with Gasteiger partial charge in [-0.2, -0.15) is 0 Å². The maximum Gasteiger partial charge on any atom is 0.255 e. The van der Waals surface area contributed by atoms with Gasteiger partial charge in [0.25, 0.3) is 5.91 Å². The number of carbonyl (C=O) groups excluding carboxylic acids is 2. The Bertz CT molecular complexity index is 1700. The van der Waals surface area contributed by atoms with Gasteiger partial charge in [0.1, 0.15) is 22.9 Å². The molecule has 0 saturated carbocycles. The number of hydrogen-bond donors (Lipinski definition) is 1. The number of hydrogen-bond acceptors (Lipinski definition) is 4. The lowest BCUT2D eigenvalue weighted by Crippen LogP contribution is -2.22. The molecule has 0 radical (unpaired) electrons. The molecule has 0 saturated heterocycles. The van der Waals surface area contributed by atoms with E-state index in [9.17, 15) is 14.0 Å². The summed E-state index contributed by atoms with van der Waals surface area (Å²) in [6, 6.07) is 26.9. The molecule has 0 unspecified atom stereocenters. The Labute approximate surface area is 232 Å². The summed E-state index contributed by atoms with van der Waals surface area (Å²) in [4.78, 5) is 26.6. The molecule has 0 spiro atoms. The molecule has 1 amide bonds. The van der Waals surface area contributed by atoms with Crippen LogP contribution in [0.15, 0.2) is 95.4 Å². The zero-order chi connectivity index (χ0) is 28.4. The van der Waals surface area contributed by atoms with Crippen molar-refractivity contribution in [2.45, 2.75) is 25.7 Å². The molecule has 202 valence electrons. The van der Waals surface area contributed by atoms with E-state index in [0.717, 1.165) is 16.7 Å². The highest BCUT2D eigenvalue weighted by Gasteiger charge is 2.27. The minimum Gasteiger partial charge on any atom is -0.496 e. The van der Waals surface area contributed by atoms with Crippen LogP contribution < -0.4 is 10.1 Å². The number of nitrogens with one attached hydrogen (secondary N) is 1. The van der Waals surface area contributed by atoms with Crippen LogP contribution in [-0.4, -0.2) is 25.8 Å². The number of ketones is 1. The third-order valence-corrected chi connectivity index (χ3v) is 7.24. The summed E-state index contributed by atoms with van der Waals surface area (Å²) < 4.78 is 25.2. The van der Waals surface area contributed by atoms with Gasteiger partial charge in [0.2, 0.25) is 0 Å². The molecular weight excluding hydrogens is 505 g/mol. The lowest BCUT2D eigenvalue weighted by Gasteiger charge is -2.25. The Morgan fingerprint density at radius 1 is 0.875 bits per heavy atom. The first-order valence-electron chi connectivity index (χ1n) is 13.0. The second-order valence-electron chi connectivity index (χ2n) is 10.4. The quantitative estimate of drug-likeness (QED) is 0.206. The number of amides is 1. The molecule has 5 aromatic rings. The van der Waals surface area contributed by atoms with Gasteiger partial charge in [0, 0.05) is 24.4 Å². The lowest BCUT2D eigenvalue weighted by molar-refractivity contribution is 0.0950. The van der Waals surface area contributed by atoms with Crippen molar-refractivity contribution in [1.29, 1.82) is 0 Å². The number of benzene rings is 4. The summed E-state index contributed by atoms with van der Waals surface area (Å²) in [7, 11) is 3.11. The topological polar surface area (TPSA) is 68.5 Å². The first-order valence-corrected chi connectivity index (χ1v) is 13.0. The fourth-order valence-electron chi connectivity index (χ4n) is 5.03. The van der Waals surface area contributed by atoms with Crippen molar-refractivity contribution in [1.82, 2.24) is 5.32 Å². The van der Waals surface area contributed by atoms with Crippen molar-refractivity contribution < 1.29 is 23.1 Å². The third kappa shape index (κ3) is 5.13. The van der Waals surface area contributed by atoms with Gasteiger partial charge in [0.15, 0.2) is 5.78 Å². The highest BCUT2D eigenvalue weighted by atomic mass is 19.1. The van der Waals surface area contributed by atoms with Crippen LogP contribution in [0.2, 0.25) is 0 Å². The Morgan fingerprint density at radius 3 is 2.20 bits per heavy atom. The standard InChI is InChI=1S/C34H30FNO4/c1-34(2,24-8-6-5-7-9-24)20-28(37)26-18-22(12-16-29(26)39-4)23-13-17-30-27(19-23)31(33(38)36-3)32(40-30)21-10-14-25(35)15-11-21/h5-19H,20H2,1-4H3,(H,36,38). The summed E-state index contributed by atoms with van der Waals surface area (Å²) in [5.74, 6) is 0.151. The third-order valence-electron chi connectivity index (χ3n) is 7.24. The average molecular weight is 536 g/mol. The molecule has 1 heterocycles. The number of furan rings is 1. The monoisotopic (exact) mass is 535 g/mol. The Kier molecular flexibility index (Phi) is 7.26. The van der Waals surface area contributed by atoms with Crippen molar-refractivity contribution >= 4 is 22.7 Å². The van der Waals surface area contributed by atoms with Gasteiger partial charge in [-0.05, 0) is 70.6 Å². The molecule has 5 nitrogen and oxygen atoms in total. The molecule has 0 atom stereocenters. The van der Waals surface area contributed by atoms with E-state index in [1.165, 1.54) is 12.1 Å². The summed E-state index contributed by atoms with van der Waals surface area (Å²) >= 11 is 0. The van der Waals surface area contributed by atoms with E-state index in [2.05, 4.69) is 19.2 Å². The van der Waals surface area contributed by atoms with E-state index in [1.54, 1.807) is 38.4 Å². The van der Waals surface area contributed by atoms with Crippen molar-refractivity contribution in [2.75, 3.05) is 14.2 Å². The summed E-state index contributed by atoms with van der Waals surface area (Å²) in [6.07, 6.45) is 0.305. The van der Waals surface area contributed by atoms with E-state index in [0.29, 0.717) is 45.6 Å². The molecular formula is C34H30FNO4. The van der Waals surface area contributed by atoms with Gasteiger partial charge in [-0.1, -0.05) is 56.3 Å². The summed E-state index contributed by atoms with van der Waals surface area (Å²) in [6.45, 7) is 4.12. The largest absolute Gasteiger partial charge is 0.496 e. The molecule has 1 N–H and O–H groups in total.